The van der Waals surface area contributed by atoms with Crippen LogP contribution in [-0.4, -0.2) is 10.8 Å². The van der Waals surface area contributed by atoms with Crippen molar-refractivity contribution in [1.82, 2.24) is 4.98 Å². The third-order valence-electron chi connectivity index (χ3n) is 3.85. The number of rotatable bonds is 1. The fourth-order valence-corrected chi connectivity index (χ4v) is 3.27. The van der Waals surface area contributed by atoms with Crippen LogP contribution in [0.25, 0.3) is 10.9 Å². The number of benzene rings is 1. The fourth-order valence-electron chi connectivity index (χ4n) is 2.91. The van der Waals surface area contributed by atoms with E-state index in [1.165, 1.54) is 10.9 Å². The number of hydrogen-bond donors (Lipinski definition) is 1. The quantitative estimate of drug-likeness (QED) is 0.770. The molecule has 1 aliphatic carbocycles. The first kappa shape index (κ1) is 12.0. The van der Waals surface area contributed by atoms with Gasteiger partial charge in [-0.15, -0.1) is 0 Å². The van der Waals surface area contributed by atoms with E-state index < -0.39 is 0 Å². The molecule has 2 aromatic rings. The largest absolute Gasteiger partial charge is 0.361 e. The number of carbonyl (C=O) groups excluding carboxylic acids is 1. The Hall–Kier alpha value is -1.09. The third-order valence-corrected chi connectivity index (χ3v) is 4.34. The van der Waals surface area contributed by atoms with E-state index in [4.69, 9.17) is 0 Å². The minimum atomic E-state index is 0.392. The van der Waals surface area contributed by atoms with Gasteiger partial charge in [-0.05, 0) is 42.5 Å². The predicted octanol–water partition coefficient (Wildman–Crippen LogP) is 4.55. The highest BCUT2D eigenvalue weighted by Crippen LogP contribution is 2.35. The lowest BCUT2D eigenvalue weighted by atomic mass is 9.91. The molecule has 0 amide bonds. The molecule has 1 aliphatic rings. The molecule has 2 nitrogen and oxygen atoms in total. The molecule has 0 radical (unpaired) electrons. The van der Waals surface area contributed by atoms with Gasteiger partial charge in [0.05, 0.1) is 0 Å². The Bertz CT molecular complexity index is 587. The minimum Gasteiger partial charge on any atom is -0.361 e. The highest BCUT2D eigenvalue weighted by Gasteiger charge is 2.21. The monoisotopic (exact) mass is 305 g/mol. The number of Topliss-reactive ketones (excluding diaryl/α,β-unsaturated/α-hetero) is 1. The number of halogens is 1. The highest BCUT2D eigenvalue weighted by atomic mass is 79.9. The maximum Gasteiger partial charge on any atom is 0.133 e. The van der Waals surface area contributed by atoms with Crippen molar-refractivity contribution >= 4 is 32.6 Å². The molecule has 94 valence electrons. The molecule has 1 atom stereocenters. The summed E-state index contributed by atoms with van der Waals surface area (Å²) in [6, 6.07) is 6.28. The summed E-state index contributed by atoms with van der Waals surface area (Å²) in [7, 11) is 0. The normalized spacial score (nSPS) is 21.2. The lowest BCUT2D eigenvalue weighted by Crippen LogP contribution is -2.03. The molecule has 1 aromatic heterocycles. The van der Waals surface area contributed by atoms with Crippen molar-refractivity contribution in [2.75, 3.05) is 0 Å². The predicted molar refractivity (Wildman–Crippen MR) is 76.8 cm³/mol. The van der Waals surface area contributed by atoms with Gasteiger partial charge in [0.15, 0.2) is 0 Å². The third kappa shape index (κ3) is 2.24. The van der Waals surface area contributed by atoms with Crippen LogP contribution < -0.4 is 0 Å². The molecule has 0 spiro atoms. The summed E-state index contributed by atoms with van der Waals surface area (Å²) in [6.45, 7) is 0. The fraction of sp³-hybridized carbons (Fsp3) is 0.400. The van der Waals surface area contributed by atoms with E-state index in [0.717, 1.165) is 35.7 Å². The van der Waals surface area contributed by atoms with Crippen molar-refractivity contribution in [2.24, 2.45) is 0 Å². The first-order valence-corrected chi connectivity index (χ1v) is 7.31. The van der Waals surface area contributed by atoms with Crippen molar-refractivity contribution in [1.29, 1.82) is 0 Å². The van der Waals surface area contributed by atoms with Crippen molar-refractivity contribution < 1.29 is 4.79 Å². The van der Waals surface area contributed by atoms with E-state index in [0.29, 0.717) is 18.1 Å². The molecule has 1 aromatic carbocycles. The number of aromatic amines is 1. The van der Waals surface area contributed by atoms with Crippen LogP contribution in [0, 0.1) is 0 Å². The lowest BCUT2D eigenvalue weighted by molar-refractivity contribution is -0.119. The first-order chi connectivity index (χ1) is 8.74. The van der Waals surface area contributed by atoms with E-state index in [1.807, 2.05) is 6.07 Å². The van der Waals surface area contributed by atoms with Crippen molar-refractivity contribution in [2.45, 2.75) is 38.0 Å². The maximum absolute atomic E-state index is 11.8. The van der Waals surface area contributed by atoms with Crippen LogP contribution in [-0.2, 0) is 4.79 Å². The smallest absolute Gasteiger partial charge is 0.133 e. The Morgan fingerprint density at radius 3 is 3.06 bits per heavy atom. The summed E-state index contributed by atoms with van der Waals surface area (Å²) >= 11 is 3.52. The zero-order valence-electron chi connectivity index (χ0n) is 10.2. The van der Waals surface area contributed by atoms with E-state index in [2.05, 4.69) is 39.2 Å². The van der Waals surface area contributed by atoms with Crippen LogP contribution in [0.15, 0.2) is 28.9 Å². The molecule has 1 unspecified atom stereocenters. The molecule has 0 saturated heterocycles. The Kier molecular flexibility index (Phi) is 3.25. The number of hydrogen-bond acceptors (Lipinski definition) is 1. The minimum absolute atomic E-state index is 0.392. The summed E-state index contributed by atoms with van der Waals surface area (Å²) < 4.78 is 1.09. The summed E-state index contributed by atoms with van der Waals surface area (Å²) in [5, 5.41) is 1.25. The SMILES string of the molecule is O=C1CCCCC(c2c[nH]c3ccc(Br)cc23)C1. The summed E-state index contributed by atoms with van der Waals surface area (Å²) in [4.78, 5) is 15.1. The van der Waals surface area contributed by atoms with Crippen LogP contribution in [0.3, 0.4) is 0 Å². The Morgan fingerprint density at radius 2 is 2.17 bits per heavy atom. The molecule has 1 heterocycles. The van der Waals surface area contributed by atoms with E-state index in [9.17, 15) is 4.79 Å². The van der Waals surface area contributed by atoms with Crippen LogP contribution in [0.2, 0.25) is 0 Å². The number of aromatic nitrogens is 1. The second kappa shape index (κ2) is 4.88. The van der Waals surface area contributed by atoms with Gasteiger partial charge in [-0.1, -0.05) is 22.4 Å². The van der Waals surface area contributed by atoms with Gasteiger partial charge in [0.2, 0.25) is 0 Å². The summed E-state index contributed by atoms with van der Waals surface area (Å²) in [6.07, 6.45) is 6.91. The zero-order valence-corrected chi connectivity index (χ0v) is 11.8. The van der Waals surface area contributed by atoms with Gasteiger partial charge >= 0.3 is 0 Å². The van der Waals surface area contributed by atoms with Crippen LogP contribution >= 0.6 is 15.9 Å². The average Bonchev–Trinajstić information content (AvgIpc) is 2.64. The molecule has 0 bridgehead atoms. The summed E-state index contributed by atoms with van der Waals surface area (Å²) in [5.41, 5.74) is 2.46. The van der Waals surface area contributed by atoms with Crippen molar-refractivity contribution in [3.63, 3.8) is 0 Å². The molecule has 3 rings (SSSR count). The Morgan fingerprint density at radius 1 is 1.28 bits per heavy atom. The Labute approximate surface area is 115 Å². The highest BCUT2D eigenvalue weighted by molar-refractivity contribution is 9.10. The number of nitrogens with one attached hydrogen (secondary N) is 1. The van der Waals surface area contributed by atoms with E-state index in [-0.39, 0.29) is 0 Å². The number of ketones is 1. The van der Waals surface area contributed by atoms with Crippen molar-refractivity contribution in [3.05, 3.63) is 34.4 Å². The number of carbonyl (C=O) groups is 1. The second-order valence-electron chi connectivity index (χ2n) is 5.12. The van der Waals surface area contributed by atoms with Crippen molar-refractivity contribution in [3.8, 4) is 0 Å². The molecule has 1 saturated carbocycles. The summed E-state index contributed by atoms with van der Waals surface area (Å²) in [5.74, 6) is 0.810. The maximum atomic E-state index is 11.8. The zero-order chi connectivity index (χ0) is 12.5. The molecular formula is C15H16BrNO. The molecule has 18 heavy (non-hydrogen) atoms. The Balaban J connectivity index is 2.02. The standard InChI is InChI=1S/C15H16BrNO/c16-11-5-6-15-13(8-11)14(9-17-15)10-3-1-2-4-12(18)7-10/h5-6,8-10,17H,1-4,7H2. The average molecular weight is 306 g/mol. The molecule has 1 N–H and O–H groups in total. The molecule has 0 aliphatic heterocycles. The molecule has 3 heteroatoms. The topological polar surface area (TPSA) is 32.9 Å². The van der Waals surface area contributed by atoms with Gasteiger partial charge in [-0.2, -0.15) is 0 Å². The second-order valence-corrected chi connectivity index (χ2v) is 6.04. The van der Waals surface area contributed by atoms with E-state index >= 15 is 0 Å². The van der Waals surface area contributed by atoms with Gasteiger partial charge in [0, 0.05) is 34.4 Å². The van der Waals surface area contributed by atoms with Gasteiger partial charge in [0.25, 0.3) is 0 Å². The molecular weight excluding hydrogens is 290 g/mol. The first-order valence-electron chi connectivity index (χ1n) is 6.52. The van der Waals surface area contributed by atoms with Gasteiger partial charge in [-0.3, -0.25) is 4.79 Å². The number of fused-ring (bicyclic) bond motifs is 1. The van der Waals surface area contributed by atoms with Gasteiger partial charge < -0.3 is 4.98 Å². The van der Waals surface area contributed by atoms with Crippen LogP contribution in [0.4, 0.5) is 0 Å². The number of H-pyrrole nitrogens is 1. The lowest BCUT2D eigenvalue weighted by Gasteiger charge is -2.12. The van der Waals surface area contributed by atoms with E-state index in [1.54, 1.807) is 0 Å². The van der Waals surface area contributed by atoms with Gasteiger partial charge in [-0.25, -0.2) is 0 Å². The molecule has 1 fully saturated rings. The van der Waals surface area contributed by atoms with Crippen LogP contribution in [0.1, 0.15) is 43.6 Å². The van der Waals surface area contributed by atoms with Gasteiger partial charge in [0.1, 0.15) is 5.78 Å². The van der Waals surface area contributed by atoms with Crippen LogP contribution in [0.5, 0.6) is 0 Å².